The maximum atomic E-state index is 5.55. The van der Waals surface area contributed by atoms with Crippen LogP contribution in [0.15, 0.2) is 63.6 Å². The fourth-order valence-electron chi connectivity index (χ4n) is 4.86. The third kappa shape index (κ3) is 6.35. The summed E-state index contributed by atoms with van der Waals surface area (Å²) in [7, 11) is 0. The van der Waals surface area contributed by atoms with E-state index >= 15 is 0 Å². The Hall–Kier alpha value is -3.72. The highest BCUT2D eigenvalue weighted by Crippen LogP contribution is 2.37. The average molecular weight is 499 g/mol. The summed E-state index contributed by atoms with van der Waals surface area (Å²) in [6, 6.07) is 13.9. The summed E-state index contributed by atoms with van der Waals surface area (Å²) < 4.78 is 5.55. The molecule has 192 valence electrons. The predicted molar refractivity (Wildman–Crippen MR) is 147 cm³/mol. The molecule has 9 nitrogen and oxygen atoms in total. The zero-order valence-corrected chi connectivity index (χ0v) is 21.1. The highest BCUT2D eigenvalue weighted by atomic mass is 16.5. The smallest absolute Gasteiger partial charge is 0.227 e. The lowest BCUT2D eigenvalue weighted by molar-refractivity contribution is 0.237. The lowest BCUT2D eigenvalue weighted by Crippen LogP contribution is -2.33. The molecule has 2 fully saturated rings. The fourth-order valence-corrected chi connectivity index (χ4v) is 4.86. The van der Waals surface area contributed by atoms with E-state index in [0.29, 0.717) is 18.3 Å². The molecule has 9 heteroatoms. The maximum absolute atomic E-state index is 5.55. The second-order valence-corrected chi connectivity index (χ2v) is 10.0. The zero-order chi connectivity index (χ0) is 24.9. The van der Waals surface area contributed by atoms with Crippen molar-refractivity contribution in [1.29, 1.82) is 0 Å². The van der Waals surface area contributed by atoms with E-state index in [1.807, 2.05) is 42.5 Å². The van der Waals surface area contributed by atoms with Crippen LogP contribution in [0, 0.1) is 5.92 Å². The number of amidine groups is 1. The van der Waals surface area contributed by atoms with Crippen LogP contribution in [0.25, 0.3) is 11.3 Å². The van der Waals surface area contributed by atoms with Crippen LogP contribution in [0.5, 0.6) is 0 Å². The van der Waals surface area contributed by atoms with E-state index in [1.165, 1.54) is 50.8 Å². The molecule has 1 aromatic carbocycles. The van der Waals surface area contributed by atoms with E-state index in [9.17, 15) is 0 Å². The third-order valence-corrected chi connectivity index (χ3v) is 7.07. The quantitative estimate of drug-likeness (QED) is 0.366. The molecule has 2 aliphatic heterocycles. The van der Waals surface area contributed by atoms with Gasteiger partial charge in [-0.3, -0.25) is 4.99 Å². The van der Waals surface area contributed by atoms with Gasteiger partial charge < -0.3 is 25.4 Å². The van der Waals surface area contributed by atoms with E-state index in [1.54, 1.807) is 0 Å². The first-order valence-corrected chi connectivity index (χ1v) is 13.4. The van der Waals surface area contributed by atoms with Crippen LogP contribution in [-0.2, 0) is 6.54 Å². The molecular formula is C28H34N8O. The molecule has 0 spiro atoms. The van der Waals surface area contributed by atoms with Gasteiger partial charge in [0.1, 0.15) is 23.2 Å². The molecule has 3 aliphatic rings. The normalized spacial score (nSPS) is 17.8. The molecule has 0 unspecified atom stereocenters. The first-order chi connectivity index (χ1) is 18.3. The van der Waals surface area contributed by atoms with Crippen molar-refractivity contribution in [3.05, 3.63) is 59.9 Å². The van der Waals surface area contributed by atoms with E-state index in [4.69, 9.17) is 14.5 Å². The Labute approximate surface area is 217 Å². The SMILES string of the molecule is C1=C(C2CC2)CN=C1Nc1cc(NCCN2CCCCC2)nc(NCc2cc(-c3ccccc3)no2)n1. The summed E-state index contributed by atoms with van der Waals surface area (Å²) in [5.41, 5.74) is 3.26. The van der Waals surface area contributed by atoms with Crippen LogP contribution in [0.3, 0.4) is 0 Å². The third-order valence-electron chi connectivity index (χ3n) is 7.07. The summed E-state index contributed by atoms with van der Waals surface area (Å²) in [4.78, 5) is 16.6. The molecule has 0 bridgehead atoms. The number of nitrogens with one attached hydrogen (secondary N) is 3. The van der Waals surface area contributed by atoms with Crippen LogP contribution in [0.2, 0.25) is 0 Å². The summed E-state index contributed by atoms with van der Waals surface area (Å²) >= 11 is 0. The molecule has 3 aromatic rings. The minimum absolute atomic E-state index is 0.434. The number of nitrogens with zero attached hydrogens (tertiary/aromatic N) is 5. The summed E-state index contributed by atoms with van der Waals surface area (Å²) in [5, 5.41) is 14.4. The second kappa shape index (κ2) is 11.1. The van der Waals surface area contributed by atoms with E-state index in [2.05, 4.69) is 37.1 Å². The number of likely N-dealkylation sites (tertiary alicyclic amines) is 1. The van der Waals surface area contributed by atoms with Crippen molar-refractivity contribution in [2.24, 2.45) is 10.9 Å². The van der Waals surface area contributed by atoms with Crippen LogP contribution in [-0.4, -0.2) is 58.6 Å². The average Bonchev–Trinajstić information content (AvgIpc) is 3.49. The number of hydrogen-bond acceptors (Lipinski definition) is 9. The highest BCUT2D eigenvalue weighted by molar-refractivity contribution is 6.05. The maximum Gasteiger partial charge on any atom is 0.227 e. The van der Waals surface area contributed by atoms with Gasteiger partial charge in [0.2, 0.25) is 5.95 Å². The number of anilines is 3. The van der Waals surface area contributed by atoms with Crippen molar-refractivity contribution in [2.75, 3.05) is 48.7 Å². The van der Waals surface area contributed by atoms with Gasteiger partial charge in [0.25, 0.3) is 0 Å². The number of hydrogen-bond donors (Lipinski definition) is 3. The molecule has 2 aromatic heterocycles. The van der Waals surface area contributed by atoms with E-state index < -0.39 is 0 Å². The number of piperidine rings is 1. The van der Waals surface area contributed by atoms with Crippen molar-refractivity contribution in [3.63, 3.8) is 0 Å². The predicted octanol–water partition coefficient (Wildman–Crippen LogP) is 4.80. The molecule has 0 radical (unpaired) electrons. The molecule has 0 atom stereocenters. The van der Waals surface area contributed by atoms with Crippen molar-refractivity contribution >= 4 is 23.4 Å². The molecular weight excluding hydrogens is 464 g/mol. The molecule has 3 N–H and O–H groups in total. The summed E-state index contributed by atoms with van der Waals surface area (Å²) in [6.07, 6.45) is 8.68. The lowest BCUT2D eigenvalue weighted by atomic mass is 10.1. The van der Waals surface area contributed by atoms with Crippen molar-refractivity contribution < 1.29 is 4.52 Å². The number of aromatic nitrogens is 3. The summed E-state index contributed by atoms with van der Waals surface area (Å²) in [6.45, 7) is 5.44. The van der Waals surface area contributed by atoms with Gasteiger partial charge in [0.15, 0.2) is 5.76 Å². The van der Waals surface area contributed by atoms with Gasteiger partial charge in [-0.15, -0.1) is 0 Å². The molecule has 0 amide bonds. The van der Waals surface area contributed by atoms with Crippen LogP contribution < -0.4 is 16.0 Å². The molecule has 1 saturated heterocycles. The molecule has 6 rings (SSSR count). The Kier molecular flexibility index (Phi) is 7.12. The Morgan fingerprint density at radius 3 is 2.62 bits per heavy atom. The monoisotopic (exact) mass is 498 g/mol. The van der Waals surface area contributed by atoms with E-state index in [0.717, 1.165) is 54.2 Å². The van der Waals surface area contributed by atoms with E-state index in [-0.39, 0.29) is 0 Å². The zero-order valence-electron chi connectivity index (χ0n) is 21.1. The van der Waals surface area contributed by atoms with Crippen molar-refractivity contribution in [1.82, 2.24) is 20.0 Å². The first kappa shape index (κ1) is 23.7. The number of rotatable bonds is 10. The first-order valence-electron chi connectivity index (χ1n) is 13.4. The molecule has 4 heterocycles. The lowest BCUT2D eigenvalue weighted by Gasteiger charge is -2.26. The standard InChI is InChI=1S/C28H34N8O/c1-3-7-21(8-4-1)24-16-23(37-35-24)19-31-28-33-26(29-11-14-36-12-5-2-6-13-36)17-27(34-28)32-25-15-22(18-30-25)20-9-10-20/h1,3-4,7-8,15-17,20H,2,5-6,9-14,18-19H2,(H3,29,30,31,32,33,34). The Bertz CT molecular complexity index is 1260. The minimum atomic E-state index is 0.434. The minimum Gasteiger partial charge on any atom is -0.369 e. The fraction of sp³-hybridized carbons (Fsp3) is 0.429. The van der Waals surface area contributed by atoms with Gasteiger partial charge in [-0.1, -0.05) is 41.9 Å². The van der Waals surface area contributed by atoms with Crippen LogP contribution >= 0.6 is 0 Å². The number of benzene rings is 1. The number of aliphatic imine (C=N–C) groups is 1. The van der Waals surface area contributed by atoms with Crippen molar-refractivity contribution in [3.8, 4) is 11.3 Å². The highest BCUT2D eigenvalue weighted by Gasteiger charge is 2.28. The second-order valence-electron chi connectivity index (χ2n) is 10.0. The molecule has 1 saturated carbocycles. The summed E-state index contributed by atoms with van der Waals surface area (Å²) in [5.74, 6) is 4.33. The van der Waals surface area contributed by atoms with Gasteiger partial charge >= 0.3 is 0 Å². The Balaban J connectivity index is 1.13. The van der Waals surface area contributed by atoms with Gasteiger partial charge in [-0.25, -0.2) is 0 Å². The Morgan fingerprint density at radius 2 is 1.78 bits per heavy atom. The van der Waals surface area contributed by atoms with Gasteiger partial charge in [0, 0.05) is 30.8 Å². The molecule has 37 heavy (non-hydrogen) atoms. The molecule has 1 aliphatic carbocycles. The van der Waals surface area contributed by atoms with Crippen LogP contribution in [0.1, 0.15) is 37.9 Å². The van der Waals surface area contributed by atoms with Crippen molar-refractivity contribution in [2.45, 2.75) is 38.6 Å². The van der Waals surface area contributed by atoms with Crippen LogP contribution in [0.4, 0.5) is 17.6 Å². The largest absolute Gasteiger partial charge is 0.369 e. The van der Waals surface area contributed by atoms with Gasteiger partial charge in [-0.2, -0.15) is 9.97 Å². The van der Waals surface area contributed by atoms with Gasteiger partial charge in [-0.05, 0) is 56.3 Å². The van der Waals surface area contributed by atoms with Gasteiger partial charge in [0.05, 0.1) is 13.1 Å². The Morgan fingerprint density at radius 1 is 0.946 bits per heavy atom. The topological polar surface area (TPSA) is 104 Å².